The summed E-state index contributed by atoms with van der Waals surface area (Å²) in [6, 6.07) is 1.86. The Labute approximate surface area is 156 Å². The summed E-state index contributed by atoms with van der Waals surface area (Å²) in [5, 5.41) is 0. The first-order valence-electron chi connectivity index (χ1n) is 9.03. The summed E-state index contributed by atoms with van der Waals surface area (Å²) < 4.78 is 5.87. The minimum Gasteiger partial charge on any atom is -0.368 e. The van der Waals surface area contributed by atoms with Gasteiger partial charge in [0.1, 0.15) is 12.6 Å². The van der Waals surface area contributed by atoms with E-state index in [0.717, 1.165) is 24.7 Å². The maximum absolute atomic E-state index is 12.6. The molecular weight excluding hydrogens is 354 g/mol. The van der Waals surface area contributed by atoms with Crippen molar-refractivity contribution >= 4 is 29.5 Å². The van der Waals surface area contributed by atoms with E-state index in [0.29, 0.717) is 31.3 Å². The van der Waals surface area contributed by atoms with E-state index >= 15 is 0 Å². The molecule has 8 nitrogen and oxygen atoms in total. The van der Waals surface area contributed by atoms with Gasteiger partial charge >= 0.3 is 0 Å². The number of ether oxygens (including phenoxy) is 1. The fraction of sp³-hybridized carbons (Fsp3) is 0.647. The van der Waals surface area contributed by atoms with Gasteiger partial charge in [0.15, 0.2) is 0 Å². The van der Waals surface area contributed by atoms with Crippen molar-refractivity contribution in [1.82, 2.24) is 19.8 Å². The van der Waals surface area contributed by atoms with Crippen LogP contribution in [-0.2, 0) is 14.3 Å². The molecule has 1 aromatic heterocycles. The highest BCUT2D eigenvalue weighted by Gasteiger charge is 2.30. The van der Waals surface area contributed by atoms with Gasteiger partial charge in [0.05, 0.1) is 30.5 Å². The number of amides is 2. The molecule has 0 N–H and O–H groups in total. The molecule has 1 aromatic rings. The predicted molar refractivity (Wildman–Crippen MR) is 97.8 cm³/mol. The summed E-state index contributed by atoms with van der Waals surface area (Å²) in [4.78, 5) is 38.9. The number of nitrogens with zero attached hydrogens (tertiary/aromatic N) is 5. The van der Waals surface area contributed by atoms with Crippen molar-refractivity contribution in [1.29, 1.82) is 0 Å². The van der Waals surface area contributed by atoms with E-state index in [9.17, 15) is 9.59 Å². The maximum Gasteiger partial charge on any atom is 0.242 e. The van der Waals surface area contributed by atoms with Crippen LogP contribution in [0.15, 0.2) is 12.3 Å². The molecule has 4 rings (SSSR count). The fourth-order valence-corrected chi connectivity index (χ4v) is 4.37. The zero-order chi connectivity index (χ0) is 17.9. The first-order chi connectivity index (χ1) is 12.7. The molecule has 0 aromatic carbocycles. The molecular formula is C17H23N5O3S. The standard InChI is InChI=1S/C17H23N5O3S/c23-15(10-22-12-26-11-16(22)24)21-7-8-25-14(9-21)13-3-4-18-17(19-13)20-5-1-2-6-20/h3-4,14H,1-2,5-12H2/t14-/m1/s1. The lowest BCUT2D eigenvalue weighted by Crippen LogP contribution is -2.47. The van der Waals surface area contributed by atoms with Crippen molar-refractivity contribution in [3.63, 3.8) is 0 Å². The normalized spacial score (nSPS) is 23.8. The number of anilines is 1. The maximum atomic E-state index is 12.6. The number of rotatable bonds is 4. The lowest BCUT2D eigenvalue weighted by Gasteiger charge is -2.33. The molecule has 26 heavy (non-hydrogen) atoms. The van der Waals surface area contributed by atoms with E-state index in [2.05, 4.69) is 14.9 Å². The van der Waals surface area contributed by atoms with Crippen molar-refractivity contribution in [2.45, 2.75) is 18.9 Å². The second kappa shape index (κ2) is 7.79. The Hall–Kier alpha value is -1.87. The first kappa shape index (κ1) is 17.5. The summed E-state index contributed by atoms with van der Waals surface area (Å²) in [5.41, 5.74) is 0.812. The average Bonchev–Trinajstić information content (AvgIpc) is 3.35. The molecule has 0 radical (unpaired) electrons. The molecule has 4 heterocycles. The van der Waals surface area contributed by atoms with Gasteiger partial charge in [0, 0.05) is 25.8 Å². The topological polar surface area (TPSA) is 78.9 Å². The number of morpholine rings is 1. The van der Waals surface area contributed by atoms with E-state index in [1.54, 1.807) is 27.8 Å². The van der Waals surface area contributed by atoms with Gasteiger partial charge in [-0.1, -0.05) is 0 Å². The summed E-state index contributed by atoms with van der Waals surface area (Å²) in [7, 11) is 0. The Balaban J connectivity index is 1.40. The molecule has 3 saturated heterocycles. The Kier molecular flexibility index (Phi) is 5.26. The van der Waals surface area contributed by atoms with Crippen LogP contribution < -0.4 is 4.90 Å². The number of hydrogen-bond donors (Lipinski definition) is 0. The number of hydrogen-bond acceptors (Lipinski definition) is 7. The van der Waals surface area contributed by atoms with Crippen LogP contribution in [0.4, 0.5) is 5.95 Å². The number of carbonyl (C=O) groups is 2. The smallest absolute Gasteiger partial charge is 0.242 e. The van der Waals surface area contributed by atoms with Gasteiger partial charge < -0.3 is 19.4 Å². The van der Waals surface area contributed by atoms with Crippen LogP contribution in [-0.4, -0.2) is 82.5 Å². The molecule has 140 valence electrons. The van der Waals surface area contributed by atoms with Crippen molar-refractivity contribution in [3.8, 4) is 0 Å². The van der Waals surface area contributed by atoms with Crippen molar-refractivity contribution in [3.05, 3.63) is 18.0 Å². The number of aromatic nitrogens is 2. The second-order valence-electron chi connectivity index (χ2n) is 6.74. The second-order valence-corrected chi connectivity index (χ2v) is 7.70. The van der Waals surface area contributed by atoms with Crippen LogP contribution in [0, 0.1) is 0 Å². The SMILES string of the molecule is O=C1CSCN1CC(=O)N1CCO[C@@H](c2ccnc(N3CCCC3)n2)C1. The van der Waals surface area contributed by atoms with Crippen LogP contribution in [0.1, 0.15) is 24.6 Å². The Morgan fingerprint density at radius 3 is 2.92 bits per heavy atom. The monoisotopic (exact) mass is 377 g/mol. The number of thioether (sulfide) groups is 1. The van der Waals surface area contributed by atoms with Crippen LogP contribution >= 0.6 is 11.8 Å². The fourth-order valence-electron chi connectivity index (χ4n) is 3.47. The minimum absolute atomic E-state index is 0.0250. The third-order valence-electron chi connectivity index (χ3n) is 4.95. The average molecular weight is 377 g/mol. The van der Waals surface area contributed by atoms with Gasteiger partial charge in [-0.15, -0.1) is 11.8 Å². The molecule has 0 bridgehead atoms. The lowest BCUT2D eigenvalue weighted by molar-refractivity contribution is -0.143. The third-order valence-corrected chi connectivity index (χ3v) is 5.90. The van der Waals surface area contributed by atoms with Crippen LogP contribution in [0.25, 0.3) is 0 Å². The van der Waals surface area contributed by atoms with Gasteiger partial charge in [-0.25, -0.2) is 9.97 Å². The molecule has 1 atom stereocenters. The highest BCUT2D eigenvalue weighted by Crippen LogP contribution is 2.24. The minimum atomic E-state index is -0.249. The highest BCUT2D eigenvalue weighted by atomic mass is 32.2. The van der Waals surface area contributed by atoms with Crippen molar-refractivity contribution in [2.24, 2.45) is 0 Å². The van der Waals surface area contributed by atoms with Crippen LogP contribution in [0.2, 0.25) is 0 Å². The summed E-state index contributed by atoms with van der Waals surface area (Å²) in [5.74, 6) is 1.83. The van der Waals surface area contributed by atoms with Gasteiger partial charge in [0.2, 0.25) is 17.8 Å². The molecule has 3 aliphatic heterocycles. The van der Waals surface area contributed by atoms with E-state index in [1.807, 2.05) is 6.07 Å². The summed E-state index contributed by atoms with van der Waals surface area (Å²) in [6.45, 7) is 3.62. The molecule has 0 saturated carbocycles. The Morgan fingerprint density at radius 2 is 2.15 bits per heavy atom. The van der Waals surface area contributed by atoms with Crippen molar-refractivity contribution in [2.75, 3.05) is 55.9 Å². The molecule has 2 amide bonds. The van der Waals surface area contributed by atoms with Crippen LogP contribution in [0.5, 0.6) is 0 Å². The molecule has 9 heteroatoms. The van der Waals surface area contributed by atoms with E-state index < -0.39 is 0 Å². The molecule has 0 spiro atoms. The largest absolute Gasteiger partial charge is 0.368 e. The van der Waals surface area contributed by atoms with Gasteiger partial charge in [0.25, 0.3) is 0 Å². The highest BCUT2D eigenvalue weighted by molar-refractivity contribution is 8.00. The molecule has 3 fully saturated rings. The molecule has 0 aliphatic carbocycles. The summed E-state index contributed by atoms with van der Waals surface area (Å²) in [6.07, 6.45) is 3.85. The predicted octanol–water partition coefficient (Wildman–Crippen LogP) is 0.510. The zero-order valence-electron chi connectivity index (χ0n) is 14.7. The van der Waals surface area contributed by atoms with E-state index in [4.69, 9.17) is 4.74 Å². The quantitative estimate of drug-likeness (QED) is 0.756. The van der Waals surface area contributed by atoms with Gasteiger partial charge in [-0.05, 0) is 18.9 Å². The summed E-state index contributed by atoms with van der Waals surface area (Å²) >= 11 is 1.55. The van der Waals surface area contributed by atoms with Crippen LogP contribution in [0.3, 0.4) is 0 Å². The molecule has 3 aliphatic rings. The van der Waals surface area contributed by atoms with E-state index in [-0.39, 0.29) is 24.5 Å². The lowest BCUT2D eigenvalue weighted by atomic mass is 10.2. The Morgan fingerprint density at radius 1 is 1.31 bits per heavy atom. The van der Waals surface area contributed by atoms with E-state index in [1.165, 1.54) is 12.8 Å². The van der Waals surface area contributed by atoms with Gasteiger partial charge in [-0.2, -0.15) is 0 Å². The number of carbonyl (C=O) groups excluding carboxylic acids is 2. The Bertz CT molecular complexity index is 682. The third kappa shape index (κ3) is 3.78. The first-order valence-corrected chi connectivity index (χ1v) is 10.2. The zero-order valence-corrected chi connectivity index (χ0v) is 15.5. The van der Waals surface area contributed by atoms with Crippen molar-refractivity contribution < 1.29 is 14.3 Å². The van der Waals surface area contributed by atoms with Gasteiger partial charge in [-0.3, -0.25) is 9.59 Å². The molecule has 0 unspecified atom stereocenters.